The van der Waals surface area contributed by atoms with Crippen molar-refractivity contribution < 1.29 is 18.0 Å². The van der Waals surface area contributed by atoms with Crippen LogP contribution in [-0.2, 0) is 0 Å². The summed E-state index contributed by atoms with van der Waals surface area (Å²) in [5, 5.41) is 0. The fourth-order valence-electron chi connectivity index (χ4n) is 1.44. The molecule has 2 rings (SSSR count). The molecule has 2 aromatic rings. The van der Waals surface area contributed by atoms with Crippen LogP contribution in [0.2, 0.25) is 0 Å². The molecule has 0 spiro atoms. The molecule has 0 aliphatic heterocycles. The Kier molecular flexibility index (Phi) is 3.52. The van der Waals surface area contributed by atoms with Gasteiger partial charge >= 0.3 is 0 Å². The van der Waals surface area contributed by atoms with Gasteiger partial charge in [-0.1, -0.05) is 0 Å². The molecule has 0 heterocycles. The second-order valence-corrected chi connectivity index (χ2v) is 4.44. The molecule has 0 radical (unpaired) electrons. The molecule has 0 aliphatic carbocycles. The summed E-state index contributed by atoms with van der Waals surface area (Å²) >= 11 is 2.96. The Morgan fingerprint density at radius 1 is 0.833 bits per heavy atom. The molecule has 0 N–H and O–H groups in total. The summed E-state index contributed by atoms with van der Waals surface area (Å²) in [5.41, 5.74) is 0.0392. The van der Waals surface area contributed by atoms with Crippen LogP contribution in [0.5, 0.6) is 0 Å². The Morgan fingerprint density at radius 2 is 1.39 bits per heavy atom. The highest BCUT2D eigenvalue weighted by Crippen LogP contribution is 2.19. The summed E-state index contributed by atoms with van der Waals surface area (Å²) in [6, 6.07) is 6.61. The van der Waals surface area contributed by atoms with Crippen molar-refractivity contribution in [3.63, 3.8) is 0 Å². The largest absolute Gasteiger partial charge is 0.289 e. The van der Waals surface area contributed by atoms with E-state index in [2.05, 4.69) is 15.9 Å². The van der Waals surface area contributed by atoms with E-state index < -0.39 is 23.2 Å². The monoisotopic (exact) mass is 314 g/mol. The Hall–Kier alpha value is -1.62. The molecule has 1 nitrogen and oxygen atoms in total. The van der Waals surface area contributed by atoms with Gasteiger partial charge in [0.05, 0.1) is 4.47 Å². The molecule has 0 saturated heterocycles. The van der Waals surface area contributed by atoms with Gasteiger partial charge < -0.3 is 0 Å². The number of ketones is 1. The maximum absolute atomic E-state index is 13.3. The summed E-state index contributed by atoms with van der Waals surface area (Å²) in [6.07, 6.45) is 0. The van der Waals surface area contributed by atoms with Gasteiger partial charge in [0.1, 0.15) is 5.82 Å². The van der Waals surface area contributed by atoms with E-state index in [4.69, 9.17) is 0 Å². The summed E-state index contributed by atoms with van der Waals surface area (Å²) in [6.45, 7) is 0. The minimum atomic E-state index is -1.11. The van der Waals surface area contributed by atoms with Crippen LogP contribution in [0.25, 0.3) is 0 Å². The Bertz CT molecular complexity index is 572. The van der Waals surface area contributed by atoms with Gasteiger partial charge in [0.15, 0.2) is 17.4 Å². The SMILES string of the molecule is O=C(c1ccc(F)c(F)c1)c1ccc(Br)c(F)c1. The minimum absolute atomic E-state index is 0.0318. The van der Waals surface area contributed by atoms with Crippen LogP contribution in [0.3, 0.4) is 0 Å². The predicted molar refractivity (Wildman–Crippen MR) is 63.9 cm³/mol. The van der Waals surface area contributed by atoms with Crippen LogP contribution >= 0.6 is 15.9 Å². The third-order valence-electron chi connectivity index (χ3n) is 2.36. The number of benzene rings is 2. The molecule has 18 heavy (non-hydrogen) atoms. The molecule has 0 saturated carbocycles. The van der Waals surface area contributed by atoms with Crippen molar-refractivity contribution in [3.05, 3.63) is 69.4 Å². The number of carbonyl (C=O) groups excluding carboxylic acids is 1. The molecule has 0 aromatic heterocycles. The molecule has 0 unspecified atom stereocenters. The van der Waals surface area contributed by atoms with Crippen molar-refractivity contribution in [2.75, 3.05) is 0 Å². The zero-order valence-corrected chi connectivity index (χ0v) is 10.5. The molecule has 0 atom stereocenters. The van der Waals surface area contributed by atoms with Gasteiger partial charge in [-0.3, -0.25) is 4.79 Å². The topological polar surface area (TPSA) is 17.1 Å². The van der Waals surface area contributed by atoms with Gasteiger partial charge in [0.25, 0.3) is 0 Å². The standard InChI is InChI=1S/C13H6BrF3O/c14-9-3-1-7(5-11(9)16)13(18)8-2-4-10(15)12(17)6-8/h1-6H. The van der Waals surface area contributed by atoms with Gasteiger partial charge in [-0.25, -0.2) is 13.2 Å². The molecule has 0 aliphatic rings. The normalized spacial score (nSPS) is 10.4. The molecule has 0 amide bonds. The van der Waals surface area contributed by atoms with Gasteiger partial charge in [0.2, 0.25) is 0 Å². The Balaban J connectivity index is 2.41. The van der Waals surface area contributed by atoms with Crippen molar-refractivity contribution in [3.8, 4) is 0 Å². The molecule has 0 bridgehead atoms. The van der Waals surface area contributed by atoms with Crippen LogP contribution in [0, 0.1) is 17.5 Å². The first-order valence-corrected chi connectivity index (χ1v) is 5.73. The van der Waals surface area contributed by atoms with E-state index in [9.17, 15) is 18.0 Å². The highest BCUT2D eigenvalue weighted by molar-refractivity contribution is 9.10. The second kappa shape index (κ2) is 4.94. The third kappa shape index (κ3) is 2.46. The first kappa shape index (κ1) is 12.8. The van der Waals surface area contributed by atoms with Crippen LogP contribution in [-0.4, -0.2) is 5.78 Å². The van der Waals surface area contributed by atoms with Crippen molar-refractivity contribution in [1.82, 2.24) is 0 Å². The van der Waals surface area contributed by atoms with Crippen molar-refractivity contribution in [1.29, 1.82) is 0 Å². The van der Waals surface area contributed by atoms with E-state index in [1.54, 1.807) is 0 Å². The highest BCUT2D eigenvalue weighted by atomic mass is 79.9. The summed E-state index contributed by atoms with van der Waals surface area (Å²) in [5.74, 6) is -3.31. The predicted octanol–water partition coefficient (Wildman–Crippen LogP) is 4.10. The summed E-state index contributed by atoms with van der Waals surface area (Å²) < 4.78 is 39.2. The first-order valence-electron chi connectivity index (χ1n) is 4.94. The number of halogens is 4. The van der Waals surface area contributed by atoms with Crippen LogP contribution in [0.1, 0.15) is 15.9 Å². The lowest BCUT2D eigenvalue weighted by Crippen LogP contribution is -2.03. The molecule has 2 aromatic carbocycles. The van der Waals surface area contributed by atoms with Crippen molar-refractivity contribution in [2.45, 2.75) is 0 Å². The van der Waals surface area contributed by atoms with Crippen molar-refractivity contribution in [2.24, 2.45) is 0 Å². The number of hydrogen-bond acceptors (Lipinski definition) is 1. The average Bonchev–Trinajstić information content (AvgIpc) is 2.35. The molecule has 92 valence electrons. The zero-order chi connectivity index (χ0) is 13.3. The van der Waals surface area contributed by atoms with Crippen molar-refractivity contribution >= 4 is 21.7 Å². The Morgan fingerprint density at radius 3 is 1.94 bits per heavy atom. The lowest BCUT2D eigenvalue weighted by atomic mass is 10.0. The number of hydrogen-bond donors (Lipinski definition) is 0. The molecule has 0 fully saturated rings. The second-order valence-electron chi connectivity index (χ2n) is 3.59. The van der Waals surface area contributed by atoms with E-state index in [0.29, 0.717) is 0 Å². The van der Waals surface area contributed by atoms with E-state index in [0.717, 1.165) is 24.3 Å². The minimum Gasteiger partial charge on any atom is -0.289 e. The smallest absolute Gasteiger partial charge is 0.193 e. The van der Waals surface area contributed by atoms with Crippen LogP contribution in [0.15, 0.2) is 40.9 Å². The van der Waals surface area contributed by atoms with E-state index in [1.807, 2.05) is 0 Å². The fraction of sp³-hybridized carbons (Fsp3) is 0. The van der Waals surface area contributed by atoms with Gasteiger partial charge in [-0.05, 0) is 52.3 Å². The third-order valence-corrected chi connectivity index (χ3v) is 3.01. The molecule has 5 heteroatoms. The fourth-order valence-corrected chi connectivity index (χ4v) is 1.69. The molecular formula is C13H6BrF3O. The molecular weight excluding hydrogens is 309 g/mol. The quantitative estimate of drug-likeness (QED) is 0.763. The zero-order valence-electron chi connectivity index (χ0n) is 8.88. The van der Waals surface area contributed by atoms with Crippen LogP contribution < -0.4 is 0 Å². The van der Waals surface area contributed by atoms with E-state index in [1.165, 1.54) is 12.1 Å². The van der Waals surface area contributed by atoms with Gasteiger partial charge in [-0.2, -0.15) is 0 Å². The summed E-state index contributed by atoms with van der Waals surface area (Å²) in [4.78, 5) is 11.9. The number of carbonyl (C=O) groups is 1. The summed E-state index contributed by atoms with van der Waals surface area (Å²) in [7, 11) is 0. The average molecular weight is 315 g/mol. The maximum atomic E-state index is 13.3. The Labute approximate surface area is 109 Å². The maximum Gasteiger partial charge on any atom is 0.193 e. The lowest BCUT2D eigenvalue weighted by molar-refractivity contribution is 0.103. The first-order chi connectivity index (χ1) is 8.49. The lowest BCUT2D eigenvalue weighted by Gasteiger charge is -2.03. The van der Waals surface area contributed by atoms with E-state index in [-0.39, 0.29) is 15.6 Å². The van der Waals surface area contributed by atoms with Crippen LogP contribution in [0.4, 0.5) is 13.2 Å². The highest BCUT2D eigenvalue weighted by Gasteiger charge is 2.13. The van der Waals surface area contributed by atoms with E-state index >= 15 is 0 Å². The number of rotatable bonds is 2. The van der Waals surface area contributed by atoms with Gasteiger partial charge in [0, 0.05) is 11.1 Å². The van der Waals surface area contributed by atoms with Gasteiger partial charge in [-0.15, -0.1) is 0 Å².